The summed E-state index contributed by atoms with van der Waals surface area (Å²) in [5.74, 6) is -10.2. The second-order valence-corrected chi connectivity index (χ2v) is 3.57. The summed E-state index contributed by atoms with van der Waals surface area (Å²) in [5.41, 5.74) is -7.42. The summed E-state index contributed by atoms with van der Waals surface area (Å²) in [7, 11) is 0. The number of amides is 1. The fourth-order valence-corrected chi connectivity index (χ4v) is 1.39. The lowest BCUT2D eigenvalue weighted by Crippen LogP contribution is -2.24. The minimum atomic E-state index is -5.81. The number of carbonyl (C=O) groups is 1. The SMILES string of the molecule is CC(=O)N(F)c1c(F)c(C(F)(F)F)c(F)c(F)c1[N+](=O)[O-]. The molecule has 1 aromatic rings. The van der Waals surface area contributed by atoms with Gasteiger partial charge in [0.15, 0.2) is 17.3 Å². The third-order valence-electron chi connectivity index (χ3n) is 2.21. The molecule has 12 heteroatoms. The van der Waals surface area contributed by atoms with Crippen molar-refractivity contribution < 1.29 is 40.5 Å². The summed E-state index contributed by atoms with van der Waals surface area (Å²) >= 11 is 0. The lowest BCUT2D eigenvalue weighted by Gasteiger charge is -2.16. The molecule has 0 radical (unpaired) electrons. The standard InChI is InChI=1S/C9H3F7N2O3/c1-2(19)17(16)7-5(11)3(9(13,14)15)4(10)6(12)8(7)18(20)21/h1H3. The number of anilines is 1. The van der Waals surface area contributed by atoms with Crippen molar-refractivity contribution in [1.82, 2.24) is 0 Å². The maximum absolute atomic E-state index is 13.6. The number of carbonyl (C=O) groups excluding carboxylic acids is 1. The van der Waals surface area contributed by atoms with Gasteiger partial charge in [0.25, 0.3) is 5.91 Å². The number of benzene rings is 1. The molecule has 1 amide bonds. The molecule has 0 fully saturated rings. The first-order valence-corrected chi connectivity index (χ1v) is 4.79. The zero-order valence-electron chi connectivity index (χ0n) is 9.76. The van der Waals surface area contributed by atoms with Crippen LogP contribution in [0.15, 0.2) is 0 Å². The number of hydrogen-bond acceptors (Lipinski definition) is 3. The number of hydrogen-bond donors (Lipinski definition) is 0. The Kier molecular flexibility index (Phi) is 4.11. The van der Waals surface area contributed by atoms with Crippen molar-refractivity contribution in [3.63, 3.8) is 0 Å². The van der Waals surface area contributed by atoms with Crippen LogP contribution in [0.4, 0.5) is 42.2 Å². The highest BCUT2D eigenvalue weighted by Gasteiger charge is 2.46. The van der Waals surface area contributed by atoms with Crippen LogP contribution in [0.5, 0.6) is 0 Å². The molecule has 0 saturated heterocycles. The van der Waals surface area contributed by atoms with Gasteiger partial charge in [-0.05, 0) is 0 Å². The zero-order valence-corrected chi connectivity index (χ0v) is 9.76. The normalized spacial score (nSPS) is 11.4. The van der Waals surface area contributed by atoms with Gasteiger partial charge in [-0.1, -0.05) is 4.48 Å². The summed E-state index contributed by atoms with van der Waals surface area (Å²) in [5, 5.41) is 9.07. The molecule has 116 valence electrons. The quantitative estimate of drug-likeness (QED) is 0.276. The Bertz CT molecular complexity index is 629. The van der Waals surface area contributed by atoms with Crippen LogP contribution in [0.1, 0.15) is 12.5 Å². The first kappa shape index (κ1) is 16.7. The van der Waals surface area contributed by atoms with E-state index < -0.39 is 56.5 Å². The molecule has 0 aliphatic carbocycles. The van der Waals surface area contributed by atoms with E-state index in [1.807, 2.05) is 0 Å². The Labute approximate surface area is 110 Å². The summed E-state index contributed by atoms with van der Waals surface area (Å²) in [6.45, 7) is 0.373. The number of nitro benzene ring substituents is 1. The molecule has 21 heavy (non-hydrogen) atoms. The molecular weight excluding hydrogens is 317 g/mol. The van der Waals surface area contributed by atoms with E-state index >= 15 is 0 Å². The van der Waals surface area contributed by atoms with Crippen molar-refractivity contribution >= 4 is 17.3 Å². The van der Waals surface area contributed by atoms with Gasteiger partial charge in [0.05, 0.1) is 4.92 Å². The fourth-order valence-electron chi connectivity index (χ4n) is 1.39. The monoisotopic (exact) mass is 320 g/mol. The van der Waals surface area contributed by atoms with E-state index in [0.717, 1.165) is 0 Å². The molecule has 0 aromatic heterocycles. The topological polar surface area (TPSA) is 63.5 Å². The van der Waals surface area contributed by atoms with Crippen molar-refractivity contribution in [2.24, 2.45) is 0 Å². The van der Waals surface area contributed by atoms with E-state index in [2.05, 4.69) is 0 Å². The predicted molar refractivity (Wildman–Crippen MR) is 52.2 cm³/mol. The van der Waals surface area contributed by atoms with Crippen molar-refractivity contribution in [2.75, 3.05) is 5.12 Å². The van der Waals surface area contributed by atoms with Crippen LogP contribution in [0.2, 0.25) is 0 Å². The number of alkyl halides is 3. The third-order valence-corrected chi connectivity index (χ3v) is 2.21. The average molecular weight is 320 g/mol. The number of rotatable bonds is 2. The molecule has 0 N–H and O–H groups in total. The molecule has 1 aromatic carbocycles. The van der Waals surface area contributed by atoms with Gasteiger partial charge in [-0.2, -0.15) is 17.6 Å². The van der Waals surface area contributed by atoms with Gasteiger partial charge in [0.1, 0.15) is 5.56 Å². The molecular formula is C9H3F7N2O3. The van der Waals surface area contributed by atoms with E-state index in [0.29, 0.717) is 6.92 Å². The van der Waals surface area contributed by atoms with E-state index in [-0.39, 0.29) is 0 Å². The Morgan fingerprint density at radius 1 is 1.14 bits per heavy atom. The van der Waals surface area contributed by atoms with Crippen LogP contribution < -0.4 is 5.12 Å². The first-order chi connectivity index (χ1) is 9.41. The van der Waals surface area contributed by atoms with Crippen LogP contribution in [0.3, 0.4) is 0 Å². The van der Waals surface area contributed by atoms with Crippen molar-refractivity contribution in [3.8, 4) is 0 Å². The molecule has 0 bridgehead atoms. The maximum Gasteiger partial charge on any atom is 0.422 e. The number of nitro groups is 1. The van der Waals surface area contributed by atoms with Crippen molar-refractivity contribution in [3.05, 3.63) is 33.1 Å². The Morgan fingerprint density at radius 2 is 1.62 bits per heavy atom. The van der Waals surface area contributed by atoms with Gasteiger partial charge in [-0.25, -0.2) is 8.78 Å². The lowest BCUT2D eigenvalue weighted by molar-refractivity contribution is -0.387. The molecule has 0 spiro atoms. The van der Waals surface area contributed by atoms with Crippen LogP contribution in [-0.2, 0) is 11.0 Å². The number of halogens is 7. The number of nitrogens with zero attached hydrogens (tertiary/aromatic N) is 2. The summed E-state index contributed by atoms with van der Waals surface area (Å²) in [6.07, 6.45) is -5.81. The van der Waals surface area contributed by atoms with Gasteiger partial charge in [-0.3, -0.25) is 14.9 Å². The molecule has 0 atom stereocenters. The molecule has 0 saturated carbocycles. The highest BCUT2D eigenvalue weighted by atomic mass is 19.4. The Hall–Kier alpha value is -2.40. The Morgan fingerprint density at radius 3 is 1.95 bits per heavy atom. The van der Waals surface area contributed by atoms with Crippen LogP contribution in [-0.4, -0.2) is 10.8 Å². The minimum absolute atomic E-state index is 0.373. The van der Waals surface area contributed by atoms with Crippen molar-refractivity contribution in [1.29, 1.82) is 0 Å². The maximum atomic E-state index is 13.6. The van der Waals surface area contributed by atoms with Gasteiger partial charge < -0.3 is 0 Å². The summed E-state index contributed by atoms with van der Waals surface area (Å²) < 4.78 is 90.6. The third kappa shape index (κ3) is 2.73. The second kappa shape index (κ2) is 5.18. The van der Waals surface area contributed by atoms with Gasteiger partial charge in [-0.15, -0.1) is 5.12 Å². The molecule has 0 unspecified atom stereocenters. The molecule has 1 rings (SSSR count). The van der Waals surface area contributed by atoms with Gasteiger partial charge in [0, 0.05) is 6.92 Å². The predicted octanol–water partition coefficient (Wildman–Crippen LogP) is 3.27. The van der Waals surface area contributed by atoms with Crippen molar-refractivity contribution in [2.45, 2.75) is 13.1 Å². The summed E-state index contributed by atoms with van der Waals surface area (Å²) in [6, 6.07) is 0. The van der Waals surface area contributed by atoms with Crippen LogP contribution in [0.25, 0.3) is 0 Å². The van der Waals surface area contributed by atoms with Crippen LogP contribution >= 0.6 is 0 Å². The molecule has 0 aliphatic heterocycles. The summed E-state index contributed by atoms with van der Waals surface area (Å²) in [4.78, 5) is 19.3. The largest absolute Gasteiger partial charge is 0.422 e. The van der Waals surface area contributed by atoms with E-state index in [1.54, 1.807) is 0 Å². The Balaban J connectivity index is 3.95. The minimum Gasteiger partial charge on any atom is -0.272 e. The first-order valence-electron chi connectivity index (χ1n) is 4.79. The zero-order chi connectivity index (χ0) is 16.7. The van der Waals surface area contributed by atoms with E-state index in [9.17, 15) is 45.7 Å². The molecule has 0 heterocycles. The highest BCUT2D eigenvalue weighted by molar-refractivity contribution is 5.92. The van der Waals surface area contributed by atoms with Gasteiger partial charge >= 0.3 is 11.9 Å². The molecule has 0 aliphatic rings. The average Bonchev–Trinajstić information content (AvgIpc) is 2.30. The van der Waals surface area contributed by atoms with E-state index in [4.69, 9.17) is 0 Å². The fraction of sp³-hybridized carbons (Fsp3) is 0.222. The van der Waals surface area contributed by atoms with Gasteiger partial charge in [0.2, 0.25) is 5.82 Å². The molecule has 5 nitrogen and oxygen atoms in total. The second-order valence-electron chi connectivity index (χ2n) is 3.57. The van der Waals surface area contributed by atoms with E-state index in [1.165, 1.54) is 0 Å². The smallest absolute Gasteiger partial charge is 0.272 e. The highest BCUT2D eigenvalue weighted by Crippen LogP contribution is 2.44. The van der Waals surface area contributed by atoms with Crippen LogP contribution in [0, 0.1) is 27.6 Å². The lowest BCUT2D eigenvalue weighted by atomic mass is 10.1.